The van der Waals surface area contributed by atoms with Crippen molar-refractivity contribution >= 4 is 54.4 Å². The molecule has 1 aromatic heterocycles. The van der Waals surface area contributed by atoms with Gasteiger partial charge in [-0.1, -0.05) is 0 Å². The van der Waals surface area contributed by atoms with E-state index in [-0.39, 0.29) is 26.7 Å². The van der Waals surface area contributed by atoms with E-state index in [0.29, 0.717) is 15.5 Å². The Morgan fingerprint density at radius 3 is 2.06 bits per heavy atom. The van der Waals surface area contributed by atoms with Crippen LogP contribution in [0, 0.1) is 5.82 Å². The van der Waals surface area contributed by atoms with Crippen LogP contribution in [-0.2, 0) is 33.5 Å². The van der Waals surface area contributed by atoms with Crippen LogP contribution in [-0.4, -0.2) is 36.0 Å². The van der Waals surface area contributed by atoms with Gasteiger partial charge >= 0.3 is 11.7 Å². The van der Waals surface area contributed by atoms with E-state index in [0.717, 1.165) is 12.1 Å². The predicted octanol–water partition coefficient (Wildman–Crippen LogP) is 3.41. The molecule has 4 aromatic rings. The summed E-state index contributed by atoms with van der Waals surface area (Å²) in [5, 5.41) is 2.52. The Labute approximate surface area is 213 Å². The molecule has 36 heavy (non-hydrogen) atoms. The Kier molecular flexibility index (Phi) is 6.83. The number of fused-ring (bicyclic) bond motifs is 1. The summed E-state index contributed by atoms with van der Waals surface area (Å²) in [4.78, 5) is 36.9. The Hall–Kier alpha value is -3.77. The lowest BCUT2D eigenvalue weighted by molar-refractivity contribution is -0.119. The topological polar surface area (TPSA) is 116 Å². The van der Waals surface area contributed by atoms with Crippen molar-refractivity contribution in [3.8, 4) is 0 Å². The molecule has 0 spiro atoms. The van der Waals surface area contributed by atoms with Gasteiger partial charge in [0.1, 0.15) is 5.82 Å². The molecule has 1 amide bonds. The average Bonchev–Trinajstić information content (AvgIpc) is 3.06. The van der Waals surface area contributed by atoms with Gasteiger partial charge in [-0.25, -0.2) is 22.4 Å². The molecule has 0 aliphatic heterocycles. The van der Waals surface area contributed by atoms with Crippen LogP contribution in [0.5, 0.6) is 0 Å². The second kappa shape index (κ2) is 9.70. The van der Waals surface area contributed by atoms with E-state index in [4.69, 9.17) is 4.74 Å². The van der Waals surface area contributed by atoms with Crippen molar-refractivity contribution < 1.29 is 27.1 Å². The minimum atomic E-state index is -3.85. The normalized spacial score (nSPS) is 11.4. The molecular formula is C24H19BrFN3O6S. The maximum atomic E-state index is 13.1. The molecule has 1 heterocycles. The second-order valence-corrected chi connectivity index (χ2v) is 10.6. The predicted molar refractivity (Wildman–Crippen MR) is 133 cm³/mol. The summed E-state index contributed by atoms with van der Waals surface area (Å²) in [6.07, 6.45) is 0. The van der Waals surface area contributed by atoms with Crippen LogP contribution in [0.15, 0.2) is 79.7 Å². The van der Waals surface area contributed by atoms with Gasteiger partial charge in [0.05, 0.1) is 26.4 Å². The third-order valence-corrected chi connectivity index (χ3v) is 7.93. The molecule has 12 heteroatoms. The first-order chi connectivity index (χ1) is 17.0. The molecule has 3 aromatic carbocycles. The number of esters is 1. The quantitative estimate of drug-likeness (QED) is 0.278. The fourth-order valence-electron chi connectivity index (χ4n) is 3.55. The monoisotopic (exact) mass is 575 g/mol. The number of halogens is 2. The molecule has 0 aliphatic carbocycles. The highest BCUT2D eigenvalue weighted by molar-refractivity contribution is 9.10. The molecule has 0 unspecified atom stereocenters. The van der Waals surface area contributed by atoms with Gasteiger partial charge in [-0.15, -0.1) is 0 Å². The van der Waals surface area contributed by atoms with E-state index in [9.17, 15) is 27.2 Å². The van der Waals surface area contributed by atoms with Crippen LogP contribution in [0.2, 0.25) is 0 Å². The minimum Gasteiger partial charge on any atom is -0.452 e. The number of carbonyl (C=O) groups is 2. The number of anilines is 1. The van der Waals surface area contributed by atoms with Crippen molar-refractivity contribution in [2.75, 3.05) is 11.9 Å². The highest BCUT2D eigenvalue weighted by Crippen LogP contribution is 2.25. The summed E-state index contributed by atoms with van der Waals surface area (Å²) in [5.41, 5.74) is 1.33. The lowest BCUT2D eigenvalue weighted by Gasteiger charge is -2.09. The number of amides is 1. The maximum absolute atomic E-state index is 13.1. The summed E-state index contributed by atoms with van der Waals surface area (Å²) < 4.78 is 46.7. The molecule has 9 nitrogen and oxygen atoms in total. The summed E-state index contributed by atoms with van der Waals surface area (Å²) in [7, 11) is -0.657. The number of hydrogen-bond acceptors (Lipinski definition) is 6. The molecule has 0 radical (unpaired) electrons. The average molecular weight is 576 g/mol. The van der Waals surface area contributed by atoms with Crippen LogP contribution in [0.1, 0.15) is 10.4 Å². The number of hydrogen-bond donors (Lipinski definition) is 1. The minimum absolute atomic E-state index is 0.0333. The standard InChI is InChI=1S/C24H19BrFN3O6S/c1-28-20-11-18(19(25)12-21(20)29(2)24(28)32)23(31)35-13-22(30)27-15-5-9-17(10-6-15)36(33,34)16-7-3-14(26)4-8-16/h3-12H,13H2,1-2H3,(H,27,30). The van der Waals surface area contributed by atoms with E-state index in [1.807, 2.05) is 0 Å². The highest BCUT2D eigenvalue weighted by atomic mass is 79.9. The van der Waals surface area contributed by atoms with Crippen LogP contribution in [0.3, 0.4) is 0 Å². The van der Waals surface area contributed by atoms with Gasteiger partial charge in [0.2, 0.25) is 9.84 Å². The molecular weight excluding hydrogens is 557 g/mol. The van der Waals surface area contributed by atoms with Gasteiger partial charge in [-0.05, 0) is 76.6 Å². The van der Waals surface area contributed by atoms with E-state index < -0.39 is 34.1 Å². The van der Waals surface area contributed by atoms with Gasteiger partial charge < -0.3 is 10.1 Å². The van der Waals surface area contributed by atoms with Crippen molar-refractivity contribution in [1.82, 2.24) is 9.13 Å². The number of aryl methyl sites for hydroxylation is 2. The van der Waals surface area contributed by atoms with Crippen LogP contribution >= 0.6 is 15.9 Å². The number of sulfone groups is 1. The fourth-order valence-corrected chi connectivity index (χ4v) is 5.30. The molecule has 0 aliphatic rings. The Morgan fingerprint density at radius 2 is 1.47 bits per heavy atom. The number of aromatic nitrogens is 2. The molecule has 0 fully saturated rings. The van der Waals surface area contributed by atoms with E-state index in [1.54, 1.807) is 20.2 Å². The summed E-state index contributed by atoms with van der Waals surface area (Å²) in [6, 6.07) is 12.9. The number of ether oxygens (including phenoxy) is 1. The zero-order valence-electron chi connectivity index (χ0n) is 19.0. The van der Waals surface area contributed by atoms with Crippen molar-refractivity contribution in [1.29, 1.82) is 0 Å². The van der Waals surface area contributed by atoms with Crippen molar-refractivity contribution in [3.05, 3.63) is 87.0 Å². The van der Waals surface area contributed by atoms with Gasteiger partial charge in [0, 0.05) is 24.3 Å². The first-order valence-corrected chi connectivity index (χ1v) is 12.7. The smallest absolute Gasteiger partial charge is 0.339 e. The third-order valence-electron chi connectivity index (χ3n) is 5.49. The summed E-state index contributed by atoms with van der Waals surface area (Å²) in [5.74, 6) is -1.95. The molecule has 186 valence electrons. The molecule has 0 atom stereocenters. The molecule has 0 bridgehead atoms. The van der Waals surface area contributed by atoms with E-state index in [2.05, 4.69) is 21.2 Å². The zero-order valence-corrected chi connectivity index (χ0v) is 21.4. The van der Waals surface area contributed by atoms with Crippen LogP contribution in [0.25, 0.3) is 11.0 Å². The fraction of sp³-hybridized carbons (Fsp3) is 0.125. The first-order valence-electron chi connectivity index (χ1n) is 10.4. The number of nitrogens with one attached hydrogen (secondary N) is 1. The first kappa shape index (κ1) is 25.3. The number of carbonyl (C=O) groups excluding carboxylic acids is 2. The summed E-state index contributed by atoms with van der Waals surface area (Å²) in [6.45, 7) is -0.591. The Bertz CT molecular complexity index is 1660. The number of rotatable bonds is 6. The largest absolute Gasteiger partial charge is 0.452 e. The molecule has 0 saturated carbocycles. The van der Waals surface area contributed by atoms with Gasteiger partial charge in [0.25, 0.3) is 5.91 Å². The van der Waals surface area contributed by atoms with Crippen LogP contribution in [0.4, 0.5) is 10.1 Å². The third kappa shape index (κ3) is 4.82. The van der Waals surface area contributed by atoms with Gasteiger partial charge in [-0.2, -0.15) is 0 Å². The number of benzene rings is 3. The van der Waals surface area contributed by atoms with Crippen molar-refractivity contribution in [2.24, 2.45) is 14.1 Å². The maximum Gasteiger partial charge on any atom is 0.339 e. The molecule has 1 N–H and O–H groups in total. The van der Waals surface area contributed by atoms with E-state index in [1.165, 1.54) is 51.6 Å². The second-order valence-electron chi connectivity index (χ2n) is 7.83. The molecule has 4 rings (SSSR count). The van der Waals surface area contributed by atoms with Crippen molar-refractivity contribution in [3.63, 3.8) is 0 Å². The van der Waals surface area contributed by atoms with Crippen LogP contribution < -0.4 is 11.0 Å². The summed E-state index contributed by atoms with van der Waals surface area (Å²) >= 11 is 3.30. The van der Waals surface area contributed by atoms with Crippen molar-refractivity contribution in [2.45, 2.75) is 9.79 Å². The highest BCUT2D eigenvalue weighted by Gasteiger charge is 2.19. The Balaban J connectivity index is 1.41. The SMILES string of the molecule is Cn1c(=O)n(C)c2cc(C(=O)OCC(=O)Nc3ccc(S(=O)(=O)c4ccc(F)cc4)cc3)c(Br)cc21. The Morgan fingerprint density at radius 1 is 0.944 bits per heavy atom. The zero-order chi connectivity index (χ0) is 26.2. The van der Waals surface area contributed by atoms with Gasteiger partial charge in [-0.3, -0.25) is 13.9 Å². The number of imidazole rings is 1. The van der Waals surface area contributed by atoms with E-state index >= 15 is 0 Å². The lowest BCUT2D eigenvalue weighted by atomic mass is 10.2. The van der Waals surface area contributed by atoms with Gasteiger partial charge in [0.15, 0.2) is 6.61 Å². The lowest BCUT2D eigenvalue weighted by Crippen LogP contribution is -2.21. The number of nitrogens with zero attached hydrogens (tertiary/aromatic N) is 2. The molecule has 0 saturated heterocycles.